The average molecular weight is 364 g/mol. The van der Waals surface area contributed by atoms with Gasteiger partial charge in [-0.15, -0.1) is 0 Å². The summed E-state index contributed by atoms with van der Waals surface area (Å²) in [4.78, 5) is 24.6. The zero-order valence-electron chi connectivity index (χ0n) is 15.7. The van der Waals surface area contributed by atoms with Crippen molar-refractivity contribution < 1.29 is 29.1 Å². The van der Waals surface area contributed by atoms with E-state index in [1.54, 1.807) is 24.3 Å². The third-order valence-electron chi connectivity index (χ3n) is 4.78. The van der Waals surface area contributed by atoms with Crippen LogP contribution in [0.4, 0.5) is 0 Å². The molecule has 2 N–H and O–H groups in total. The highest BCUT2D eigenvalue weighted by molar-refractivity contribution is 5.95. The minimum Gasteiger partial charge on any atom is -0.491 e. The zero-order chi connectivity index (χ0) is 18.9. The molecule has 0 saturated carbocycles. The number of aliphatic hydroxyl groups is 1. The van der Waals surface area contributed by atoms with Crippen LogP contribution in [-0.2, 0) is 9.53 Å². The first kappa shape index (κ1) is 20.4. The van der Waals surface area contributed by atoms with E-state index in [-0.39, 0.29) is 24.3 Å². The van der Waals surface area contributed by atoms with Gasteiger partial charge in [0.05, 0.1) is 25.6 Å². The zero-order valence-corrected chi connectivity index (χ0v) is 15.7. The summed E-state index contributed by atoms with van der Waals surface area (Å²) >= 11 is 0. The van der Waals surface area contributed by atoms with Crippen molar-refractivity contribution in [3.63, 3.8) is 0 Å². The van der Waals surface area contributed by atoms with E-state index in [1.807, 2.05) is 13.8 Å². The second kappa shape index (κ2) is 10.3. The van der Waals surface area contributed by atoms with Crippen molar-refractivity contribution in [1.29, 1.82) is 0 Å². The monoisotopic (exact) mass is 364 g/mol. The molecule has 26 heavy (non-hydrogen) atoms. The number of nitrogens with one attached hydrogen (secondary N) is 1. The van der Waals surface area contributed by atoms with Crippen molar-refractivity contribution in [2.75, 3.05) is 32.8 Å². The van der Waals surface area contributed by atoms with E-state index in [9.17, 15) is 14.7 Å². The maximum absolute atomic E-state index is 11.7. The summed E-state index contributed by atoms with van der Waals surface area (Å²) in [6.07, 6.45) is 1.51. The molecule has 2 rings (SSSR count). The van der Waals surface area contributed by atoms with Crippen LogP contribution in [0.2, 0.25) is 0 Å². The predicted molar refractivity (Wildman–Crippen MR) is 97.5 cm³/mol. The normalized spacial score (nSPS) is 21.0. The van der Waals surface area contributed by atoms with E-state index in [4.69, 9.17) is 9.47 Å². The molecule has 6 heteroatoms. The number of carbonyl (C=O) groups is 2. The van der Waals surface area contributed by atoms with E-state index < -0.39 is 6.10 Å². The highest BCUT2D eigenvalue weighted by Gasteiger charge is 2.29. The molecule has 6 nitrogen and oxygen atoms in total. The Morgan fingerprint density at radius 2 is 1.85 bits per heavy atom. The Balaban J connectivity index is 1.70. The smallest absolute Gasteiger partial charge is 0.309 e. The highest BCUT2D eigenvalue weighted by Crippen LogP contribution is 2.14. The molecule has 0 unspecified atom stereocenters. The molecule has 1 aliphatic rings. The predicted octanol–water partition coefficient (Wildman–Crippen LogP) is 0.877. The van der Waals surface area contributed by atoms with Gasteiger partial charge in [-0.2, -0.15) is 0 Å². The summed E-state index contributed by atoms with van der Waals surface area (Å²) in [7, 11) is 0. The molecule has 1 fully saturated rings. The molecular formula is C20H30NO5+. The minimum atomic E-state index is -0.568. The quantitative estimate of drug-likeness (QED) is 0.502. The maximum Gasteiger partial charge on any atom is 0.309 e. The molecule has 1 aliphatic heterocycles. The van der Waals surface area contributed by atoms with Crippen molar-refractivity contribution in [2.45, 2.75) is 39.2 Å². The van der Waals surface area contributed by atoms with E-state index in [0.717, 1.165) is 25.9 Å². The van der Waals surface area contributed by atoms with Gasteiger partial charge in [-0.3, -0.25) is 9.59 Å². The van der Waals surface area contributed by atoms with Gasteiger partial charge in [0, 0.05) is 24.8 Å². The Labute approximate surface area is 155 Å². The van der Waals surface area contributed by atoms with Crippen LogP contribution in [0.1, 0.15) is 43.5 Å². The number of hydrogen-bond acceptors (Lipinski definition) is 5. The molecule has 1 atom stereocenters. The molecule has 144 valence electrons. The largest absolute Gasteiger partial charge is 0.491 e. The molecule has 1 heterocycles. The Bertz CT molecular complexity index is 578. The molecule has 1 aromatic carbocycles. The summed E-state index contributed by atoms with van der Waals surface area (Å²) in [5.74, 6) is 0.649. The Morgan fingerprint density at radius 1 is 1.19 bits per heavy atom. The van der Waals surface area contributed by atoms with Crippen LogP contribution in [0.15, 0.2) is 24.3 Å². The molecule has 0 spiro atoms. The van der Waals surface area contributed by atoms with Gasteiger partial charge in [-0.25, -0.2) is 0 Å². The summed E-state index contributed by atoms with van der Waals surface area (Å²) in [5.41, 5.74) is 0.675. The van der Waals surface area contributed by atoms with Crippen LogP contribution in [0.3, 0.4) is 0 Å². The molecule has 1 saturated heterocycles. The molecule has 0 bridgehead atoms. The second-order valence-electron chi connectivity index (χ2n) is 6.75. The van der Waals surface area contributed by atoms with Gasteiger partial charge in [0.15, 0.2) is 5.78 Å². The number of Topliss-reactive ketones (excluding diaryl/α,β-unsaturated/α-hetero) is 1. The van der Waals surface area contributed by atoms with Crippen LogP contribution in [-0.4, -0.2) is 55.8 Å². The van der Waals surface area contributed by atoms with Crippen LogP contribution in [0, 0.1) is 5.92 Å². The van der Waals surface area contributed by atoms with Crippen LogP contribution in [0.5, 0.6) is 5.75 Å². The van der Waals surface area contributed by atoms with Crippen LogP contribution < -0.4 is 9.64 Å². The first-order valence-electron chi connectivity index (χ1n) is 9.47. The number of piperidine rings is 1. The fourth-order valence-electron chi connectivity index (χ4n) is 3.25. The van der Waals surface area contributed by atoms with Gasteiger partial charge in [-0.1, -0.05) is 6.92 Å². The lowest BCUT2D eigenvalue weighted by atomic mass is 9.97. The van der Waals surface area contributed by atoms with Crippen molar-refractivity contribution in [3.05, 3.63) is 29.8 Å². The van der Waals surface area contributed by atoms with E-state index >= 15 is 0 Å². The van der Waals surface area contributed by atoms with E-state index in [2.05, 4.69) is 0 Å². The summed E-state index contributed by atoms with van der Waals surface area (Å²) < 4.78 is 10.7. The van der Waals surface area contributed by atoms with Gasteiger partial charge >= 0.3 is 5.97 Å². The lowest BCUT2D eigenvalue weighted by Crippen LogP contribution is -3.14. The first-order valence-corrected chi connectivity index (χ1v) is 9.47. The van der Waals surface area contributed by atoms with Gasteiger partial charge in [-0.05, 0) is 31.2 Å². The molecule has 0 radical (unpaired) electrons. The number of carbonyl (C=O) groups excluding carboxylic acids is 2. The van der Waals surface area contributed by atoms with Crippen molar-refractivity contribution in [1.82, 2.24) is 0 Å². The van der Waals surface area contributed by atoms with Crippen LogP contribution in [0.25, 0.3) is 0 Å². The molecule has 0 amide bonds. The molecule has 0 aliphatic carbocycles. The number of rotatable bonds is 9. The Morgan fingerprint density at radius 3 is 2.42 bits per heavy atom. The number of ether oxygens (including phenoxy) is 2. The summed E-state index contributed by atoms with van der Waals surface area (Å²) in [6, 6.07) is 7.01. The number of likely N-dealkylation sites (tertiary alicyclic amines) is 1. The minimum absolute atomic E-state index is 0.00330. The van der Waals surface area contributed by atoms with Crippen molar-refractivity contribution in [3.8, 4) is 5.75 Å². The van der Waals surface area contributed by atoms with Crippen molar-refractivity contribution in [2.24, 2.45) is 5.92 Å². The number of hydrogen-bond donors (Lipinski definition) is 2. The lowest BCUT2D eigenvalue weighted by molar-refractivity contribution is -0.908. The number of benzene rings is 1. The van der Waals surface area contributed by atoms with Gasteiger partial charge in [0.1, 0.15) is 25.0 Å². The molecular weight excluding hydrogens is 334 g/mol. The van der Waals surface area contributed by atoms with Gasteiger partial charge in [0.2, 0.25) is 0 Å². The maximum atomic E-state index is 11.7. The number of aliphatic hydroxyl groups excluding tert-OH is 1. The number of quaternary nitrogens is 1. The second-order valence-corrected chi connectivity index (χ2v) is 6.75. The first-order chi connectivity index (χ1) is 12.5. The van der Waals surface area contributed by atoms with Crippen LogP contribution >= 0.6 is 0 Å². The average Bonchev–Trinajstić information content (AvgIpc) is 2.67. The Hall–Kier alpha value is -1.92. The fourth-order valence-corrected chi connectivity index (χ4v) is 3.25. The Kier molecular flexibility index (Phi) is 8.06. The van der Waals surface area contributed by atoms with Gasteiger partial charge in [0.25, 0.3) is 0 Å². The summed E-state index contributed by atoms with van der Waals surface area (Å²) in [5, 5.41) is 10.2. The standard InChI is InChI=1S/C20H29NO5/c1-3-19(23)15-5-7-18(8-6-15)26-14-17(22)13-21-11-9-16(10-12-21)20(24)25-4-2/h5-8,16-17,22H,3-4,9-14H2,1-2H3/p+1/t17-/m1/s1. The van der Waals surface area contributed by atoms with Gasteiger partial charge < -0.3 is 19.5 Å². The summed E-state index contributed by atoms with van der Waals surface area (Å²) in [6.45, 7) is 6.61. The SMILES string of the molecule is CCOC(=O)C1CC[NH+](C[C@@H](O)COc2ccc(C(=O)CC)cc2)CC1. The number of esters is 1. The molecule has 1 aromatic rings. The topological polar surface area (TPSA) is 77.3 Å². The third kappa shape index (κ3) is 6.11. The third-order valence-corrected chi connectivity index (χ3v) is 4.78. The highest BCUT2D eigenvalue weighted by atomic mass is 16.5. The number of ketones is 1. The fraction of sp³-hybridized carbons (Fsp3) is 0.600. The van der Waals surface area contributed by atoms with Crippen molar-refractivity contribution >= 4 is 11.8 Å². The van der Waals surface area contributed by atoms with E-state index in [0.29, 0.717) is 30.9 Å². The van der Waals surface area contributed by atoms with E-state index in [1.165, 1.54) is 4.90 Å². The lowest BCUT2D eigenvalue weighted by Gasteiger charge is -2.29. The molecule has 0 aromatic heterocycles.